The maximum absolute atomic E-state index is 13.9. The van der Waals surface area contributed by atoms with Gasteiger partial charge in [0.15, 0.2) is 0 Å². The zero-order valence-electron chi connectivity index (χ0n) is 21.0. The van der Waals surface area contributed by atoms with Crippen molar-refractivity contribution in [2.45, 2.75) is 63.6 Å². The topological polar surface area (TPSA) is 110 Å². The highest BCUT2D eigenvalue weighted by molar-refractivity contribution is 7.99. The van der Waals surface area contributed by atoms with Gasteiger partial charge in [-0.15, -0.1) is 0 Å². The third kappa shape index (κ3) is 7.35. The largest absolute Gasteiger partial charge is 0.490 e. The number of aromatic nitrogens is 1. The van der Waals surface area contributed by atoms with Crippen LogP contribution in [0, 0.1) is 12.7 Å². The number of rotatable bonds is 9. The molecule has 2 aromatic rings. The van der Waals surface area contributed by atoms with E-state index >= 15 is 0 Å². The lowest BCUT2D eigenvalue weighted by atomic mass is 9.90. The molecule has 0 radical (unpaired) electrons. The number of aliphatic hydroxyl groups is 1. The Morgan fingerprint density at radius 1 is 1.05 bits per heavy atom. The number of hydrogen-bond acceptors (Lipinski definition) is 7. The fourth-order valence-corrected chi connectivity index (χ4v) is 5.78. The Morgan fingerprint density at radius 3 is 2.35 bits per heavy atom. The molecule has 0 bridgehead atoms. The van der Waals surface area contributed by atoms with Crippen LogP contribution < -0.4 is 20.1 Å². The highest BCUT2D eigenvalue weighted by atomic mass is 32.2. The van der Waals surface area contributed by atoms with Crippen LogP contribution >= 0.6 is 11.8 Å². The van der Waals surface area contributed by atoms with Gasteiger partial charge in [0.05, 0.1) is 18.4 Å². The Hall–Kier alpha value is -2.85. The van der Waals surface area contributed by atoms with Gasteiger partial charge < -0.3 is 25.2 Å². The molecule has 0 unspecified atom stereocenters. The molecular weight excluding hydrogens is 497 g/mol. The molecule has 2 amide bonds. The zero-order chi connectivity index (χ0) is 26.2. The van der Waals surface area contributed by atoms with E-state index in [9.17, 15) is 14.0 Å². The summed E-state index contributed by atoms with van der Waals surface area (Å²) in [6, 6.07) is 6.42. The van der Waals surface area contributed by atoms with Crippen molar-refractivity contribution in [1.82, 2.24) is 15.6 Å². The number of pyridine rings is 1. The van der Waals surface area contributed by atoms with Crippen molar-refractivity contribution in [3.63, 3.8) is 0 Å². The van der Waals surface area contributed by atoms with Gasteiger partial charge in [-0.2, -0.15) is 11.8 Å². The van der Waals surface area contributed by atoms with Crippen LogP contribution in [-0.4, -0.2) is 64.8 Å². The molecule has 0 atom stereocenters. The number of thioether (sulfide) groups is 1. The molecule has 200 valence electrons. The van der Waals surface area contributed by atoms with E-state index in [2.05, 4.69) is 15.6 Å². The third-order valence-corrected chi connectivity index (χ3v) is 7.75. The van der Waals surface area contributed by atoms with E-state index < -0.39 is 11.7 Å². The zero-order valence-corrected chi connectivity index (χ0v) is 21.8. The first-order chi connectivity index (χ1) is 17.9. The molecule has 10 heteroatoms. The number of nitrogens with zero attached hydrogens (tertiary/aromatic N) is 1. The van der Waals surface area contributed by atoms with Crippen molar-refractivity contribution in [2.75, 3.05) is 24.7 Å². The minimum atomic E-state index is -0.582. The molecule has 2 aliphatic rings. The Kier molecular flexibility index (Phi) is 9.62. The number of hydrogen-bond donors (Lipinski definition) is 3. The van der Waals surface area contributed by atoms with Crippen LogP contribution in [0.4, 0.5) is 4.39 Å². The summed E-state index contributed by atoms with van der Waals surface area (Å²) >= 11 is 1.87. The first-order valence-corrected chi connectivity index (χ1v) is 13.9. The quantitative estimate of drug-likeness (QED) is 0.453. The van der Waals surface area contributed by atoms with Crippen molar-refractivity contribution >= 4 is 23.6 Å². The molecular formula is C27H34FN3O5S. The van der Waals surface area contributed by atoms with Gasteiger partial charge in [-0.1, -0.05) is 12.1 Å². The number of carbonyl (C=O) groups excluding carboxylic acids is 2. The summed E-state index contributed by atoms with van der Waals surface area (Å²) < 4.78 is 25.5. The van der Waals surface area contributed by atoms with Gasteiger partial charge >= 0.3 is 0 Å². The summed E-state index contributed by atoms with van der Waals surface area (Å²) in [6.07, 6.45) is 5.55. The number of ether oxygens (including phenoxy) is 2. The summed E-state index contributed by atoms with van der Waals surface area (Å²) in [4.78, 5) is 30.0. The Balaban J connectivity index is 1.32. The van der Waals surface area contributed by atoms with E-state index in [1.54, 1.807) is 12.1 Å². The summed E-state index contributed by atoms with van der Waals surface area (Å²) in [7, 11) is 0. The molecule has 1 aliphatic heterocycles. The number of benzene rings is 1. The second-order valence-electron chi connectivity index (χ2n) is 9.45. The van der Waals surface area contributed by atoms with Crippen molar-refractivity contribution in [3.8, 4) is 11.6 Å². The van der Waals surface area contributed by atoms with Gasteiger partial charge in [-0.25, -0.2) is 9.37 Å². The van der Waals surface area contributed by atoms with Gasteiger partial charge in [-0.05, 0) is 74.7 Å². The van der Waals surface area contributed by atoms with Gasteiger partial charge in [0.2, 0.25) is 5.88 Å². The lowest BCUT2D eigenvalue weighted by Gasteiger charge is -2.30. The van der Waals surface area contributed by atoms with Gasteiger partial charge in [0, 0.05) is 12.1 Å². The minimum absolute atomic E-state index is 0.0206. The number of aryl methyl sites for hydroxylation is 1. The standard InChI is InChI=1S/C27H34FN3O5S/c1-17-3-2-4-22(24(17)35-12-11-32)25(33)30-19-5-7-20(8-6-19)31-26(34)23-15-18(28)16-29-27(23)36-21-9-13-37-14-10-21/h2-4,15-16,19-21,32H,5-14H2,1H3,(H,30,33)(H,31,34). The van der Waals surface area contributed by atoms with E-state index in [-0.39, 0.29) is 48.8 Å². The van der Waals surface area contributed by atoms with E-state index in [4.69, 9.17) is 14.6 Å². The van der Waals surface area contributed by atoms with E-state index in [1.807, 2.05) is 24.8 Å². The van der Waals surface area contributed by atoms with Crippen LogP contribution in [0.15, 0.2) is 30.5 Å². The van der Waals surface area contributed by atoms with Crippen LogP contribution in [0.1, 0.15) is 64.8 Å². The van der Waals surface area contributed by atoms with E-state index in [0.717, 1.165) is 36.1 Å². The maximum atomic E-state index is 13.9. The average molecular weight is 532 g/mol. The Morgan fingerprint density at radius 2 is 1.70 bits per heavy atom. The Bertz CT molecular complexity index is 1090. The van der Waals surface area contributed by atoms with E-state index in [0.29, 0.717) is 37.0 Å². The molecule has 1 aliphatic carbocycles. The second-order valence-corrected chi connectivity index (χ2v) is 10.7. The van der Waals surface area contributed by atoms with Gasteiger partial charge in [0.1, 0.15) is 29.8 Å². The number of para-hydroxylation sites is 1. The molecule has 0 spiro atoms. The number of amides is 2. The first-order valence-electron chi connectivity index (χ1n) is 12.8. The predicted molar refractivity (Wildman–Crippen MR) is 140 cm³/mol. The van der Waals surface area contributed by atoms with Crippen LogP contribution in [0.2, 0.25) is 0 Å². The molecule has 8 nitrogen and oxygen atoms in total. The molecule has 1 saturated heterocycles. The second kappa shape index (κ2) is 13.1. The summed E-state index contributed by atoms with van der Waals surface area (Å²) in [5.41, 5.74) is 1.38. The normalized spacial score (nSPS) is 20.2. The molecule has 4 rings (SSSR count). The Labute approximate surface area is 220 Å². The summed E-state index contributed by atoms with van der Waals surface area (Å²) in [6.45, 7) is 1.84. The van der Waals surface area contributed by atoms with Crippen LogP contribution in [0.3, 0.4) is 0 Å². The SMILES string of the molecule is Cc1cccc(C(=O)NC2CCC(NC(=O)c3cc(F)cnc3OC3CCSCC3)CC2)c1OCCO. The van der Waals surface area contributed by atoms with Crippen LogP contribution in [-0.2, 0) is 0 Å². The lowest BCUT2D eigenvalue weighted by molar-refractivity contribution is 0.0883. The van der Waals surface area contributed by atoms with Gasteiger partial charge in [-0.3, -0.25) is 9.59 Å². The smallest absolute Gasteiger partial charge is 0.257 e. The average Bonchev–Trinajstić information content (AvgIpc) is 2.90. The summed E-state index contributed by atoms with van der Waals surface area (Å²) in [5, 5.41) is 15.2. The molecule has 37 heavy (non-hydrogen) atoms. The van der Waals surface area contributed by atoms with Crippen molar-refractivity contribution in [2.24, 2.45) is 0 Å². The van der Waals surface area contributed by atoms with Crippen molar-refractivity contribution < 1.29 is 28.6 Å². The number of aliphatic hydroxyl groups excluding tert-OH is 1. The molecule has 1 saturated carbocycles. The third-order valence-electron chi connectivity index (χ3n) is 6.70. The van der Waals surface area contributed by atoms with Crippen LogP contribution in [0.5, 0.6) is 11.6 Å². The van der Waals surface area contributed by atoms with Crippen molar-refractivity contribution in [1.29, 1.82) is 0 Å². The lowest BCUT2D eigenvalue weighted by Crippen LogP contribution is -2.44. The highest BCUT2D eigenvalue weighted by Crippen LogP contribution is 2.27. The maximum Gasteiger partial charge on any atom is 0.257 e. The monoisotopic (exact) mass is 531 g/mol. The fraction of sp³-hybridized carbons (Fsp3) is 0.519. The number of halogens is 1. The molecule has 2 heterocycles. The molecule has 2 fully saturated rings. The highest BCUT2D eigenvalue weighted by Gasteiger charge is 2.27. The molecule has 1 aromatic carbocycles. The van der Waals surface area contributed by atoms with E-state index in [1.165, 1.54) is 6.07 Å². The molecule has 1 aromatic heterocycles. The van der Waals surface area contributed by atoms with Crippen LogP contribution in [0.25, 0.3) is 0 Å². The van der Waals surface area contributed by atoms with Crippen molar-refractivity contribution in [3.05, 3.63) is 53.0 Å². The predicted octanol–water partition coefficient (Wildman–Crippen LogP) is 3.65. The first kappa shape index (κ1) is 27.2. The number of carbonyl (C=O) groups is 2. The number of nitrogens with one attached hydrogen (secondary N) is 2. The fourth-order valence-electron chi connectivity index (χ4n) is 4.71. The molecule has 3 N–H and O–H groups in total. The minimum Gasteiger partial charge on any atom is -0.490 e. The summed E-state index contributed by atoms with van der Waals surface area (Å²) in [5.74, 6) is 1.43. The van der Waals surface area contributed by atoms with Gasteiger partial charge in [0.25, 0.3) is 11.8 Å².